The lowest BCUT2D eigenvalue weighted by molar-refractivity contribution is -0.137. The Bertz CT molecular complexity index is 996. The average Bonchev–Trinajstić information content (AvgIpc) is 3.22. The lowest BCUT2D eigenvalue weighted by atomic mass is 9.89. The summed E-state index contributed by atoms with van der Waals surface area (Å²) in [4.78, 5) is 32.0. The van der Waals surface area contributed by atoms with Crippen LogP contribution < -0.4 is 4.90 Å². The first-order valence-corrected chi connectivity index (χ1v) is 12.1. The van der Waals surface area contributed by atoms with Crippen molar-refractivity contribution < 1.29 is 9.59 Å². The van der Waals surface area contributed by atoms with Gasteiger partial charge in [0.2, 0.25) is 11.8 Å². The Balaban J connectivity index is 1.19. The molecular weight excluding hydrogens is 398 g/mol. The van der Waals surface area contributed by atoms with Crippen LogP contribution in [-0.2, 0) is 22.4 Å². The van der Waals surface area contributed by atoms with Gasteiger partial charge < -0.3 is 14.7 Å². The van der Waals surface area contributed by atoms with Crippen LogP contribution in [0, 0.1) is 5.92 Å². The van der Waals surface area contributed by atoms with Crippen molar-refractivity contribution in [1.29, 1.82) is 0 Å². The molecule has 0 radical (unpaired) electrons. The zero-order chi connectivity index (χ0) is 22.1. The minimum Gasteiger partial charge on any atom is -0.371 e. The van der Waals surface area contributed by atoms with E-state index in [1.54, 1.807) is 6.92 Å². The first kappa shape index (κ1) is 21.0. The van der Waals surface area contributed by atoms with E-state index < -0.39 is 0 Å². The van der Waals surface area contributed by atoms with Crippen molar-refractivity contribution in [2.24, 2.45) is 5.92 Å². The largest absolute Gasteiger partial charge is 0.371 e. The highest BCUT2D eigenvalue weighted by molar-refractivity contribution is 5.80. The highest BCUT2D eigenvalue weighted by Gasteiger charge is 2.33. The number of carbonyl (C=O) groups excluding carboxylic acids is 2. The SMILES string of the molecule is CC(=O)N1CCc2ccccc2C1CC(=O)N1CCC(CN2CCc3ccccc32)CC1. The molecule has 5 nitrogen and oxygen atoms in total. The molecule has 0 aromatic heterocycles. The predicted molar refractivity (Wildman–Crippen MR) is 127 cm³/mol. The molecule has 0 saturated carbocycles. The summed E-state index contributed by atoms with van der Waals surface area (Å²) in [6.45, 7) is 6.17. The Kier molecular flexibility index (Phi) is 5.90. The third-order valence-corrected chi connectivity index (χ3v) is 7.61. The van der Waals surface area contributed by atoms with Gasteiger partial charge >= 0.3 is 0 Å². The number of carbonyl (C=O) groups is 2. The molecule has 3 heterocycles. The van der Waals surface area contributed by atoms with E-state index in [4.69, 9.17) is 0 Å². The van der Waals surface area contributed by atoms with E-state index in [2.05, 4.69) is 41.3 Å². The topological polar surface area (TPSA) is 43.9 Å². The second kappa shape index (κ2) is 8.97. The Morgan fingerprint density at radius 1 is 0.875 bits per heavy atom. The fourth-order valence-corrected chi connectivity index (χ4v) is 5.82. The number of piperidine rings is 1. The number of amides is 2. The summed E-state index contributed by atoms with van der Waals surface area (Å²) in [5.41, 5.74) is 5.27. The zero-order valence-electron chi connectivity index (χ0n) is 19.0. The van der Waals surface area contributed by atoms with Crippen LogP contribution in [0.1, 0.15) is 48.9 Å². The van der Waals surface area contributed by atoms with Crippen molar-refractivity contribution in [3.8, 4) is 0 Å². The van der Waals surface area contributed by atoms with Gasteiger partial charge in [0, 0.05) is 45.3 Å². The third kappa shape index (κ3) is 4.13. The van der Waals surface area contributed by atoms with Crippen molar-refractivity contribution in [3.05, 3.63) is 65.2 Å². The van der Waals surface area contributed by atoms with Gasteiger partial charge in [-0.25, -0.2) is 0 Å². The van der Waals surface area contributed by atoms with E-state index in [-0.39, 0.29) is 17.9 Å². The van der Waals surface area contributed by atoms with E-state index in [0.29, 0.717) is 18.9 Å². The fraction of sp³-hybridized carbons (Fsp3) is 0.481. The number of hydrogen-bond acceptors (Lipinski definition) is 3. The summed E-state index contributed by atoms with van der Waals surface area (Å²) in [6.07, 6.45) is 4.51. The monoisotopic (exact) mass is 431 g/mol. The Morgan fingerprint density at radius 3 is 2.34 bits per heavy atom. The molecule has 5 rings (SSSR count). The van der Waals surface area contributed by atoms with Crippen LogP contribution in [-0.4, -0.2) is 54.3 Å². The lowest BCUT2D eigenvalue weighted by Gasteiger charge is -2.39. The minimum absolute atomic E-state index is 0.0573. The Hall–Kier alpha value is -2.82. The molecule has 1 fully saturated rings. The van der Waals surface area contributed by atoms with Crippen LogP contribution in [0.2, 0.25) is 0 Å². The van der Waals surface area contributed by atoms with Gasteiger partial charge in [-0.3, -0.25) is 9.59 Å². The number of hydrogen-bond donors (Lipinski definition) is 0. The molecule has 32 heavy (non-hydrogen) atoms. The van der Waals surface area contributed by atoms with Gasteiger partial charge in [0.05, 0.1) is 12.5 Å². The number of rotatable bonds is 4. The lowest BCUT2D eigenvalue weighted by Crippen LogP contribution is -2.45. The quantitative estimate of drug-likeness (QED) is 0.739. The fourth-order valence-electron chi connectivity index (χ4n) is 5.82. The van der Waals surface area contributed by atoms with Crippen molar-refractivity contribution in [3.63, 3.8) is 0 Å². The van der Waals surface area contributed by atoms with Gasteiger partial charge in [-0.15, -0.1) is 0 Å². The molecule has 3 aliphatic rings. The number of anilines is 1. The summed E-state index contributed by atoms with van der Waals surface area (Å²) in [7, 11) is 0. The summed E-state index contributed by atoms with van der Waals surface area (Å²) in [5.74, 6) is 0.874. The van der Waals surface area contributed by atoms with Crippen LogP contribution in [0.4, 0.5) is 5.69 Å². The number of benzene rings is 2. The molecule has 2 amide bonds. The average molecular weight is 432 g/mol. The van der Waals surface area contributed by atoms with Crippen molar-refractivity contribution >= 4 is 17.5 Å². The predicted octanol–water partition coefficient (Wildman–Crippen LogP) is 3.82. The third-order valence-electron chi connectivity index (χ3n) is 7.61. The molecule has 0 spiro atoms. The summed E-state index contributed by atoms with van der Waals surface area (Å²) in [6, 6.07) is 16.9. The Morgan fingerprint density at radius 2 is 1.56 bits per heavy atom. The summed E-state index contributed by atoms with van der Waals surface area (Å²) in [5, 5.41) is 0. The van der Waals surface area contributed by atoms with Crippen LogP contribution in [0.25, 0.3) is 0 Å². The molecule has 5 heteroatoms. The molecule has 0 N–H and O–H groups in total. The molecule has 168 valence electrons. The summed E-state index contributed by atoms with van der Waals surface area (Å²) >= 11 is 0. The van der Waals surface area contributed by atoms with E-state index in [1.165, 1.54) is 16.8 Å². The highest BCUT2D eigenvalue weighted by atomic mass is 16.2. The molecular formula is C27H33N3O2. The molecule has 0 aliphatic carbocycles. The maximum absolute atomic E-state index is 13.2. The van der Waals surface area contributed by atoms with Crippen LogP contribution in [0.15, 0.2) is 48.5 Å². The maximum atomic E-state index is 13.2. The van der Waals surface area contributed by atoms with Crippen LogP contribution in [0.3, 0.4) is 0 Å². The smallest absolute Gasteiger partial charge is 0.224 e. The van der Waals surface area contributed by atoms with E-state index in [0.717, 1.165) is 57.4 Å². The van der Waals surface area contributed by atoms with Gasteiger partial charge in [-0.1, -0.05) is 42.5 Å². The van der Waals surface area contributed by atoms with E-state index in [1.807, 2.05) is 21.9 Å². The second-order valence-corrected chi connectivity index (χ2v) is 9.53. The minimum atomic E-state index is -0.135. The molecule has 1 atom stereocenters. The van der Waals surface area contributed by atoms with Crippen molar-refractivity contribution in [2.75, 3.05) is 37.6 Å². The van der Waals surface area contributed by atoms with Gasteiger partial charge in [0.15, 0.2) is 0 Å². The van der Waals surface area contributed by atoms with Crippen molar-refractivity contribution in [2.45, 2.75) is 45.1 Å². The first-order chi connectivity index (χ1) is 15.6. The standard InChI is InChI=1S/C27H33N3O2/c1-20(31)30-17-13-22-6-2-4-8-24(22)26(30)18-27(32)28-14-10-21(11-15-28)19-29-16-12-23-7-3-5-9-25(23)29/h2-9,21,26H,10-19H2,1H3. The number of fused-ring (bicyclic) bond motifs is 2. The van der Waals surface area contributed by atoms with Gasteiger partial charge in [0.25, 0.3) is 0 Å². The van der Waals surface area contributed by atoms with Crippen LogP contribution in [0.5, 0.6) is 0 Å². The normalized spacial score (nSPS) is 20.8. The highest BCUT2D eigenvalue weighted by Crippen LogP contribution is 2.34. The van der Waals surface area contributed by atoms with Crippen molar-refractivity contribution in [1.82, 2.24) is 9.80 Å². The van der Waals surface area contributed by atoms with E-state index in [9.17, 15) is 9.59 Å². The van der Waals surface area contributed by atoms with E-state index >= 15 is 0 Å². The Labute approximate surface area is 191 Å². The summed E-state index contributed by atoms with van der Waals surface area (Å²) < 4.78 is 0. The number of likely N-dealkylation sites (tertiary alicyclic amines) is 1. The zero-order valence-corrected chi connectivity index (χ0v) is 19.0. The molecule has 2 aromatic carbocycles. The van der Waals surface area contributed by atoms with Gasteiger partial charge in [0.1, 0.15) is 0 Å². The molecule has 1 unspecified atom stereocenters. The molecule has 3 aliphatic heterocycles. The molecule has 1 saturated heterocycles. The number of para-hydroxylation sites is 1. The second-order valence-electron chi connectivity index (χ2n) is 9.53. The van der Waals surface area contributed by atoms with Gasteiger partial charge in [-0.2, -0.15) is 0 Å². The maximum Gasteiger partial charge on any atom is 0.224 e. The first-order valence-electron chi connectivity index (χ1n) is 12.1. The molecule has 0 bridgehead atoms. The molecule has 2 aromatic rings. The van der Waals surface area contributed by atoms with Gasteiger partial charge in [-0.05, 0) is 54.4 Å². The number of nitrogens with zero attached hydrogens (tertiary/aromatic N) is 3. The van der Waals surface area contributed by atoms with Crippen LogP contribution >= 0.6 is 0 Å².